The fraction of sp³-hybridized carbons (Fsp3) is 0.167. The third-order valence-corrected chi connectivity index (χ3v) is 2.43. The van der Waals surface area contributed by atoms with Crippen molar-refractivity contribution in [1.29, 1.82) is 0 Å². The van der Waals surface area contributed by atoms with Gasteiger partial charge in [0, 0.05) is 24.1 Å². The molecule has 0 aliphatic rings. The van der Waals surface area contributed by atoms with E-state index in [-0.39, 0.29) is 5.69 Å². The van der Waals surface area contributed by atoms with Crippen molar-refractivity contribution in [3.8, 4) is 0 Å². The summed E-state index contributed by atoms with van der Waals surface area (Å²) in [7, 11) is 0. The van der Waals surface area contributed by atoms with E-state index in [4.69, 9.17) is 0 Å². The molecule has 1 unspecified atom stereocenters. The van der Waals surface area contributed by atoms with Crippen molar-refractivity contribution in [2.75, 3.05) is 5.32 Å². The number of anilines is 1. The minimum Gasteiger partial charge on any atom is -0.324 e. The molecule has 2 aromatic rings. The summed E-state index contributed by atoms with van der Waals surface area (Å²) in [4.78, 5) is 11.8. The zero-order valence-corrected chi connectivity index (χ0v) is 9.60. The predicted octanol–water partition coefficient (Wildman–Crippen LogP) is 2.36. The van der Waals surface area contributed by atoms with E-state index in [0.717, 1.165) is 18.2 Å². The zero-order valence-electron chi connectivity index (χ0n) is 9.60. The van der Waals surface area contributed by atoms with Gasteiger partial charge in [-0.3, -0.25) is 9.48 Å². The lowest BCUT2D eigenvalue weighted by Gasteiger charge is -2.12. The van der Waals surface area contributed by atoms with Crippen LogP contribution in [0.15, 0.2) is 36.7 Å². The van der Waals surface area contributed by atoms with Crippen molar-refractivity contribution in [2.45, 2.75) is 13.0 Å². The maximum atomic E-state index is 12.9. The molecule has 1 N–H and O–H groups in total. The van der Waals surface area contributed by atoms with Crippen LogP contribution in [0.3, 0.4) is 0 Å². The van der Waals surface area contributed by atoms with Crippen LogP contribution in [0.25, 0.3) is 0 Å². The van der Waals surface area contributed by atoms with Gasteiger partial charge in [-0.1, -0.05) is 0 Å². The second-order valence-corrected chi connectivity index (χ2v) is 3.81. The molecule has 0 bridgehead atoms. The Bertz CT molecular complexity index is 534. The van der Waals surface area contributed by atoms with Crippen LogP contribution in [-0.4, -0.2) is 15.7 Å². The van der Waals surface area contributed by atoms with Crippen molar-refractivity contribution in [2.24, 2.45) is 0 Å². The molecule has 1 heterocycles. The van der Waals surface area contributed by atoms with Crippen LogP contribution in [0.4, 0.5) is 14.5 Å². The Balaban J connectivity index is 2.11. The van der Waals surface area contributed by atoms with Crippen LogP contribution in [0.1, 0.15) is 13.0 Å². The zero-order chi connectivity index (χ0) is 13.1. The number of carbonyl (C=O) groups excluding carboxylic acids is 1. The molecule has 0 radical (unpaired) electrons. The molecular weight excluding hydrogens is 240 g/mol. The molecule has 1 amide bonds. The summed E-state index contributed by atoms with van der Waals surface area (Å²) in [5.74, 6) is -1.88. The van der Waals surface area contributed by atoms with Crippen molar-refractivity contribution in [3.05, 3.63) is 48.3 Å². The molecule has 6 heteroatoms. The average Bonchev–Trinajstić information content (AvgIpc) is 2.79. The Hall–Kier alpha value is -2.24. The second-order valence-electron chi connectivity index (χ2n) is 3.81. The largest absolute Gasteiger partial charge is 0.324 e. The Morgan fingerprint density at radius 3 is 2.56 bits per heavy atom. The standard InChI is InChI=1S/C12H11F2N3O/c1-8(17-4-2-3-15-17)12(18)16-11-6-9(13)5-10(14)7-11/h2-8H,1H3,(H,16,18). The highest BCUT2D eigenvalue weighted by molar-refractivity contribution is 5.93. The molecule has 1 aromatic heterocycles. The number of benzene rings is 1. The van der Waals surface area contributed by atoms with Crippen LogP contribution in [0.2, 0.25) is 0 Å². The normalized spacial score (nSPS) is 12.2. The van der Waals surface area contributed by atoms with Gasteiger partial charge in [0.05, 0.1) is 0 Å². The number of halogens is 2. The van der Waals surface area contributed by atoms with Crippen LogP contribution in [-0.2, 0) is 4.79 Å². The molecule has 0 saturated carbocycles. The molecule has 94 valence electrons. The van der Waals surface area contributed by atoms with E-state index in [2.05, 4.69) is 10.4 Å². The number of nitrogens with one attached hydrogen (secondary N) is 1. The third kappa shape index (κ3) is 2.71. The fourth-order valence-electron chi connectivity index (χ4n) is 1.50. The van der Waals surface area contributed by atoms with Crippen molar-refractivity contribution in [1.82, 2.24) is 9.78 Å². The molecule has 1 atom stereocenters. The maximum absolute atomic E-state index is 12.9. The lowest BCUT2D eigenvalue weighted by Crippen LogP contribution is -2.24. The molecule has 4 nitrogen and oxygen atoms in total. The molecule has 2 rings (SSSR count). The topological polar surface area (TPSA) is 46.9 Å². The van der Waals surface area contributed by atoms with Gasteiger partial charge in [0.25, 0.3) is 0 Å². The number of amides is 1. The smallest absolute Gasteiger partial charge is 0.248 e. The lowest BCUT2D eigenvalue weighted by atomic mass is 10.2. The Morgan fingerprint density at radius 2 is 2.00 bits per heavy atom. The molecule has 18 heavy (non-hydrogen) atoms. The summed E-state index contributed by atoms with van der Waals surface area (Å²) < 4.78 is 27.3. The van der Waals surface area contributed by atoms with Crippen LogP contribution in [0, 0.1) is 11.6 Å². The van der Waals surface area contributed by atoms with Crippen LogP contribution >= 0.6 is 0 Å². The molecular formula is C12H11F2N3O. The molecule has 0 fully saturated rings. The maximum Gasteiger partial charge on any atom is 0.248 e. The van der Waals surface area contributed by atoms with E-state index in [0.29, 0.717) is 0 Å². The number of rotatable bonds is 3. The summed E-state index contributed by atoms with van der Waals surface area (Å²) in [6.07, 6.45) is 3.18. The Morgan fingerprint density at radius 1 is 1.33 bits per heavy atom. The monoisotopic (exact) mass is 251 g/mol. The molecule has 0 aliphatic heterocycles. The van der Waals surface area contributed by atoms with E-state index in [9.17, 15) is 13.6 Å². The minimum absolute atomic E-state index is 0.0801. The van der Waals surface area contributed by atoms with Gasteiger partial charge >= 0.3 is 0 Å². The van der Waals surface area contributed by atoms with Gasteiger partial charge < -0.3 is 5.32 Å². The summed E-state index contributed by atoms with van der Waals surface area (Å²) in [5, 5.41) is 6.35. The fourth-order valence-corrected chi connectivity index (χ4v) is 1.50. The SMILES string of the molecule is CC(C(=O)Nc1cc(F)cc(F)c1)n1cccn1. The van der Waals surface area contributed by atoms with Gasteiger partial charge in [0.15, 0.2) is 0 Å². The van der Waals surface area contributed by atoms with Gasteiger partial charge in [-0.25, -0.2) is 8.78 Å². The molecule has 1 aromatic carbocycles. The van der Waals surface area contributed by atoms with Gasteiger partial charge in [0.2, 0.25) is 5.91 Å². The van der Waals surface area contributed by atoms with Crippen molar-refractivity contribution in [3.63, 3.8) is 0 Å². The van der Waals surface area contributed by atoms with Crippen molar-refractivity contribution < 1.29 is 13.6 Å². The molecule has 0 saturated heterocycles. The first-order valence-corrected chi connectivity index (χ1v) is 5.32. The highest BCUT2D eigenvalue weighted by Crippen LogP contribution is 2.15. The number of aromatic nitrogens is 2. The summed E-state index contributed by atoms with van der Waals surface area (Å²) in [6, 6.07) is 3.97. The Labute approximate surface area is 102 Å². The summed E-state index contributed by atoms with van der Waals surface area (Å²) in [5.41, 5.74) is 0.0801. The molecule has 0 aliphatic carbocycles. The molecule has 0 spiro atoms. The van der Waals surface area contributed by atoms with Crippen LogP contribution < -0.4 is 5.32 Å². The Kier molecular flexibility index (Phi) is 3.36. The van der Waals surface area contributed by atoms with E-state index in [1.54, 1.807) is 25.4 Å². The number of carbonyl (C=O) groups is 1. The first-order valence-electron chi connectivity index (χ1n) is 5.32. The number of nitrogens with zero attached hydrogens (tertiary/aromatic N) is 2. The highest BCUT2D eigenvalue weighted by Gasteiger charge is 2.15. The lowest BCUT2D eigenvalue weighted by molar-refractivity contribution is -0.119. The van der Waals surface area contributed by atoms with E-state index in [1.165, 1.54) is 4.68 Å². The summed E-state index contributed by atoms with van der Waals surface area (Å²) in [6.45, 7) is 1.64. The predicted molar refractivity (Wildman–Crippen MR) is 61.9 cm³/mol. The van der Waals surface area contributed by atoms with Crippen LogP contribution in [0.5, 0.6) is 0 Å². The van der Waals surface area contributed by atoms with E-state index in [1.807, 2.05) is 0 Å². The quantitative estimate of drug-likeness (QED) is 0.910. The third-order valence-electron chi connectivity index (χ3n) is 2.43. The van der Waals surface area contributed by atoms with E-state index >= 15 is 0 Å². The average molecular weight is 251 g/mol. The number of hydrogen-bond acceptors (Lipinski definition) is 2. The minimum atomic E-state index is -0.739. The van der Waals surface area contributed by atoms with Crippen molar-refractivity contribution >= 4 is 11.6 Å². The van der Waals surface area contributed by atoms with Gasteiger partial charge in [-0.15, -0.1) is 0 Å². The van der Waals surface area contributed by atoms with E-state index < -0.39 is 23.6 Å². The van der Waals surface area contributed by atoms with Gasteiger partial charge in [-0.05, 0) is 25.1 Å². The number of hydrogen-bond donors (Lipinski definition) is 1. The first-order chi connectivity index (χ1) is 8.56. The first kappa shape index (κ1) is 12.2. The van der Waals surface area contributed by atoms with Gasteiger partial charge in [-0.2, -0.15) is 5.10 Å². The second kappa shape index (κ2) is 4.95. The highest BCUT2D eigenvalue weighted by atomic mass is 19.1. The van der Waals surface area contributed by atoms with Gasteiger partial charge in [0.1, 0.15) is 17.7 Å². The summed E-state index contributed by atoms with van der Waals surface area (Å²) >= 11 is 0.